The van der Waals surface area contributed by atoms with Gasteiger partial charge in [0.2, 0.25) is 5.91 Å². The summed E-state index contributed by atoms with van der Waals surface area (Å²) in [5.74, 6) is 0.516. The number of anilines is 1. The summed E-state index contributed by atoms with van der Waals surface area (Å²) in [6.07, 6.45) is 7.83. The Balaban J connectivity index is 1.74. The molecule has 2 aromatic rings. The van der Waals surface area contributed by atoms with Crippen molar-refractivity contribution in [3.05, 3.63) is 65.2 Å². The quantitative estimate of drug-likeness (QED) is 0.307. The molecule has 0 radical (unpaired) electrons. The smallest absolute Gasteiger partial charge is 0.250 e. The van der Waals surface area contributed by atoms with Gasteiger partial charge in [0.15, 0.2) is 5.11 Å². The van der Waals surface area contributed by atoms with Crippen molar-refractivity contribution >= 4 is 46.6 Å². The van der Waals surface area contributed by atoms with Crippen molar-refractivity contribution in [1.82, 2.24) is 5.32 Å². The minimum atomic E-state index is -0.306. The van der Waals surface area contributed by atoms with Crippen LogP contribution < -0.4 is 15.4 Å². The monoisotopic (exact) mass is 416 g/mol. The number of ether oxygens (including phenoxy) is 1. The summed E-state index contributed by atoms with van der Waals surface area (Å²) in [4.78, 5) is 12.0. The van der Waals surface area contributed by atoms with Gasteiger partial charge in [-0.1, -0.05) is 49.9 Å². The number of amides is 1. The van der Waals surface area contributed by atoms with Crippen LogP contribution in [0.5, 0.6) is 5.75 Å². The van der Waals surface area contributed by atoms with Crippen molar-refractivity contribution in [2.24, 2.45) is 0 Å². The van der Waals surface area contributed by atoms with Crippen molar-refractivity contribution in [1.29, 1.82) is 0 Å². The highest BCUT2D eigenvalue weighted by molar-refractivity contribution is 7.80. The van der Waals surface area contributed by atoms with Crippen LogP contribution in [0.25, 0.3) is 6.08 Å². The zero-order valence-corrected chi connectivity index (χ0v) is 17.5. The summed E-state index contributed by atoms with van der Waals surface area (Å²) in [7, 11) is 0. The van der Waals surface area contributed by atoms with Crippen LogP contribution >= 0.6 is 23.8 Å². The predicted octanol–water partition coefficient (Wildman–Crippen LogP) is 5.83. The molecule has 4 nitrogen and oxygen atoms in total. The van der Waals surface area contributed by atoms with Crippen molar-refractivity contribution in [3.63, 3.8) is 0 Å². The van der Waals surface area contributed by atoms with E-state index in [2.05, 4.69) is 17.6 Å². The molecule has 148 valence electrons. The molecule has 0 aliphatic heterocycles. The molecule has 0 aliphatic rings. The maximum atomic E-state index is 12.0. The van der Waals surface area contributed by atoms with Crippen molar-refractivity contribution in [2.75, 3.05) is 11.9 Å². The van der Waals surface area contributed by atoms with Crippen molar-refractivity contribution < 1.29 is 9.53 Å². The summed E-state index contributed by atoms with van der Waals surface area (Å²) >= 11 is 11.0. The summed E-state index contributed by atoms with van der Waals surface area (Å²) < 4.78 is 5.71. The second kappa shape index (κ2) is 12.2. The van der Waals surface area contributed by atoms with Gasteiger partial charge in [-0.2, -0.15) is 0 Å². The molecular formula is C22H25ClN2O2S. The first-order chi connectivity index (χ1) is 13.6. The third kappa shape index (κ3) is 8.55. The topological polar surface area (TPSA) is 50.4 Å². The van der Waals surface area contributed by atoms with Crippen LogP contribution in [0.15, 0.2) is 54.6 Å². The van der Waals surface area contributed by atoms with Gasteiger partial charge in [-0.3, -0.25) is 10.1 Å². The van der Waals surface area contributed by atoms with E-state index in [1.165, 1.54) is 25.3 Å². The first kappa shape index (κ1) is 21.9. The number of carbonyl (C=O) groups excluding carboxylic acids is 1. The third-order valence-corrected chi connectivity index (χ3v) is 4.37. The Morgan fingerprint density at radius 3 is 2.46 bits per heavy atom. The van der Waals surface area contributed by atoms with E-state index in [0.29, 0.717) is 5.02 Å². The molecule has 0 unspecified atom stereocenters. The molecule has 2 aromatic carbocycles. The Labute approximate surface area is 176 Å². The van der Waals surface area contributed by atoms with Gasteiger partial charge in [0.05, 0.1) is 6.61 Å². The van der Waals surface area contributed by atoms with Crippen molar-refractivity contribution in [2.45, 2.75) is 32.6 Å². The predicted molar refractivity (Wildman–Crippen MR) is 121 cm³/mol. The van der Waals surface area contributed by atoms with Crippen LogP contribution in [-0.4, -0.2) is 17.6 Å². The van der Waals surface area contributed by atoms with Crippen molar-refractivity contribution in [3.8, 4) is 5.75 Å². The fourth-order valence-corrected chi connectivity index (χ4v) is 2.76. The molecule has 0 aliphatic carbocycles. The minimum absolute atomic E-state index is 0.235. The van der Waals surface area contributed by atoms with Crippen LogP contribution in [0.2, 0.25) is 5.02 Å². The van der Waals surface area contributed by atoms with Gasteiger partial charge in [-0.25, -0.2) is 0 Å². The summed E-state index contributed by atoms with van der Waals surface area (Å²) in [5.41, 5.74) is 1.66. The second-order valence-electron chi connectivity index (χ2n) is 6.26. The average molecular weight is 417 g/mol. The number of benzene rings is 2. The van der Waals surface area contributed by atoms with Crippen LogP contribution in [0.1, 0.15) is 38.2 Å². The molecule has 0 bridgehead atoms. The summed E-state index contributed by atoms with van der Waals surface area (Å²) in [5, 5.41) is 6.49. The maximum absolute atomic E-state index is 12.0. The minimum Gasteiger partial charge on any atom is -0.494 e. The lowest BCUT2D eigenvalue weighted by atomic mass is 10.2. The maximum Gasteiger partial charge on any atom is 0.250 e. The molecule has 1 amide bonds. The van der Waals surface area contributed by atoms with Gasteiger partial charge < -0.3 is 10.1 Å². The lowest BCUT2D eigenvalue weighted by Gasteiger charge is -2.10. The molecule has 2 rings (SSSR count). The molecule has 0 heterocycles. The SMILES string of the molecule is CCCCCCOc1ccc(NC(=S)NC(=O)/C=C/c2ccc(Cl)cc2)cc1. The lowest BCUT2D eigenvalue weighted by Crippen LogP contribution is -2.32. The number of rotatable bonds is 9. The first-order valence-corrected chi connectivity index (χ1v) is 10.1. The molecular weight excluding hydrogens is 392 g/mol. The highest BCUT2D eigenvalue weighted by atomic mass is 35.5. The van der Waals surface area contributed by atoms with Gasteiger partial charge in [-0.15, -0.1) is 0 Å². The van der Waals surface area contributed by atoms with E-state index in [4.69, 9.17) is 28.6 Å². The van der Waals surface area contributed by atoms with E-state index < -0.39 is 0 Å². The number of hydrogen-bond acceptors (Lipinski definition) is 3. The lowest BCUT2D eigenvalue weighted by molar-refractivity contribution is -0.115. The Kier molecular flexibility index (Phi) is 9.52. The zero-order chi connectivity index (χ0) is 20.2. The summed E-state index contributed by atoms with van der Waals surface area (Å²) in [6.45, 7) is 2.91. The van der Waals surface area contributed by atoms with E-state index in [-0.39, 0.29) is 11.0 Å². The zero-order valence-electron chi connectivity index (χ0n) is 15.9. The largest absolute Gasteiger partial charge is 0.494 e. The summed E-state index contributed by atoms with van der Waals surface area (Å²) in [6, 6.07) is 14.7. The molecule has 0 fully saturated rings. The molecule has 0 spiro atoms. The first-order valence-electron chi connectivity index (χ1n) is 9.35. The van der Waals surface area contributed by atoms with Gasteiger partial charge in [0.25, 0.3) is 0 Å². The normalized spacial score (nSPS) is 10.6. The van der Waals surface area contributed by atoms with Crippen LogP contribution in [-0.2, 0) is 4.79 Å². The van der Waals surface area contributed by atoms with Gasteiger partial charge >= 0.3 is 0 Å². The van der Waals surface area contributed by atoms with Crippen LogP contribution in [0.3, 0.4) is 0 Å². The highest BCUT2D eigenvalue weighted by Crippen LogP contribution is 2.16. The van der Waals surface area contributed by atoms with Gasteiger partial charge in [0.1, 0.15) is 5.75 Å². The molecule has 0 aromatic heterocycles. The third-order valence-electron chi connectivity index (χ3n) is 3.91. The Morgan fingerprint density at radius 2 is 1.79 bits per heavy atom. The number of carbonyl (C=O) groups is 1. The second-order valence-corrected chi connectivity index (χ2v) is 7.11. The standard InChI is InChI=1S/C22H25ClN2O2S/c1-2-3-4-5-16-27-20-13-11-19(12-14-20)24-22(28)25-21(26)15-8-17-6-9-18(23)10-7-17/h6-15H,2-5,16H2,1H3,(H2,24,25,26,28)/b15-8+. The average Bonchev–Trinajstić information content (AvgIpc) is 2.68. The van der Waals surface area contributed by atoms with Crippen LogP contribution in [0, 0.1) is 0 Å². The Bertz CT molecular complexity index is 789. The van der Waals surface area contributed by atoms with E-state index in [1.54, 1.807) is 18.2 Å². The van der Waals surface area contributed by atoms with E-state index in [0.717, 1.165) is 30.0 Å². The molecule has 0 saturated heterocycles. The highest BCUT2D eigenvalue weighted by Gasteiger charge is 2.02. The number of nitrogens with one attached hydrogen (secondary N) is 2. The van der Waals surface area contributed by atoms with Gasteiger partial charge in [0, 0.05) is 16.8 Å². The van der Waals surface area contributed by atoms with E-state index in [9.17, 15) is 4.79 Å². The Morgan fingerprint density at radius 1 is 1.07 bits per heavy atom. The number of unbranched alkanes of at least 4 members (excludes halogenated alkanes) is 3. The molecule has 0 saturated carbocycles. The van der Waals surface area contributed by atoms with Crippen LogP contribution in [0.4, 0.5) is 5.69 Å². The fourth-order valence-electron chi connectivity index (χ4n) is 2.42. The molecule has 6 heteroatoms. The Hall–Kier alpha value is -2.37. The molecule has 2 N–H and O–H groups in total. The van der Waals surface area contributed by atoms with E-state index in [1.807, 2.05) is 36.4 Å². The fraction of sp³-hybridized carbons (Fsp3) is 0.273. The number of thiocarbonyl (C=S) groups is 1. The number of hydrogen-bond donors (Lipinski definition) is 2. The molecule has 0 atom stereocenters. The van der Waals surface area contributed by atoms with Gasteiger partial charge in [-0.05, 0) is 66.7 Å². The number of halogens is 1. The van der Waals surface area contributed by atoms with E-state index >= 15 is 0 Å². The molecule has 28 heavy (non-hydrogen) atoms.